The maximum absolute atomic E-state index is 12.8. The molecular formula is C19H16Cl2N2O4. The predicted octanol–water partition coefficient (Wildman–Crippen LogP) is 2.60. The highest BCUT2D eigenvalue weighted by atomic mass is 35.5. The van der Waals surface area contributed by atoms with E-state index >= 15 is 0 Å². The normalized spacial score (nSPS) is 31.6. The molecule has 3 fully saturated rings. The monoisotopic (exact) mass is 406 g/mol. The van der Waals surface area contributed by atoms with Gasteiger partial charge in [0, 0.05) is 5.02 Å². The van der Waals surface area contributed by atoms with Crippen LogP contribution in [0.4, 0.5) is 0 Å². The molecule has 1 aromatic rings. The number of amides is 3. The molecule has 8 heteroatoms. The second kappa shape index (κ2) is 5.72. The summed E-state index contributed by atoms with van der Waals surface area (Å²) in [6.45, 7) is -0.372. The average Bonchev–Trinajstić information content (AvgIpc) is 3.24. The van der Waals surface area contributed by atoms with E-state index < -0.39 is 5.91 Å². The van der Waals surface area contributed by atoms with Crippen molar-refractivity contribution >= 4 is 40.9 Å². The van der Waals surface area contributed by atoms with Gasteiger partial charge < -0.3 is 4.74 Å². The molecule has 3 amide bonds. The minimum absolute atomic E-state index is 0.120. The maximum atomic E-state index is 12.8. The van der Waals surface area contributed by atoms with Crippen LogP contribution in [0.2, 0.25) is 10.0 Å². The molecule has 3 aliphatic carbocycles. The smallest absolute Gasteiger partial charge is 0.276 e. The SMILES string of the molecule is O=C(COc1ccc(Cl)cc1Cl)NN1C(=O)[C@@H]2[C@H](C1=O)[C@@H]1C=C[C@@H]2C12CC2. The molecule has 1 aromatic carbocycles. The van der Waals surface area contributed by atoms with Gasteiger partial charge in [0.2, 0.25) is 0 Å². The van der Waals surface area contributed by atoms with Gasteiger partial charge in [-0.3, -0.25) is 19.8 Å². The Balaban J connectivity index is 1.25. The standard InChI is InChI=1S/C19H16Cl2N2O4/c20-9-1-4-13(12(21)7-9)27-8-14(24)22-23-17(25)15-10-2-3-11(16(15)18(23)26)19(10)5-6-19/h1-4,7,10-11,15-16H,5-6,8H2,(H,22,24)/t10-,11-,15-,16+/m0/s1. The van der Waals surface area contributed by atoms with E-state index in [-0.39, 0.29) is 52.5 Å². The van der Waals surface area contributed by atoms with E-state index in [2.05, 4.69) is 17.6 Å². The highest BCUT2D eigenvalue weighted by molar-refractivity contribution is 6.35. The summed E-state index contributed by atoms with van der Waals surface area (Å²) in [5.74, 6) is -1.37. The summed E-state index contributed by atoms with van der Waals surface area (Å²) in [5.41, 5.74) is 2.53. The Morgan fingerprint density at radius 3 is 2.33 bits per heavy atom. The molecule has 1 saturated heterocycles. The van der Waals surface area contributed by atoms with Crippen molar-refractivity contribution in [1.82, 2.24) is 10.4 Å². The van der Waals surface area contributed by atoms with Crippen LogP contribution < -0.4 is 10.2 Å². The Morgan fingerprint density at radius 2 is 1.78 bits per heavy atom. The highest BCUT2D eigenvalue weighted by Crippen LogP contribution is 2.73. The van der Waals surface area contributed by atoms with Crippen LogP contribution in [0, 0.1) is 29.1 Å². The molecule has 2 bridgehead atoms. The number of carbonyl (C=O) groups excluding carboxylic acids is 3. The number of benzene rings is 1. The predicted molar refractivity (Wildman–Crippen MR) is 96.7 cm³/mol. The Bertz CT molecular complexity index is 877. The van der Waals surface area contributed by atoms with Crippen LogP contribution in [0.1, 0.15) is 12.8 Å². The number of halogens is 2. The van der Waals surface area contributed by atoms with Crippen molar-refractivity contribution in [3.05, 3.63) is 40.4 Å². The number of fused-ring (bicyclic) bond motifs is 3. The van der Waals surface area contributed by atoms with Crippen molar-refractivity contribution in [2.24, 2.45) is 29.1 Å². The van der Waals surface area contributed by atoms with Crippen LogP contribution in [-0.2, 0) is 14.4 Å². The van der Waals surface area contributed by atoms with Crippen LogP contribution in [-0.4, -0.2) is 29.3 Å². The number of allylic oxidation sites excluding steroid dienone is 2. The van der Waals surface area contributed by atoms with E-state index in [1.165, 1.54) is 6.07 Å². The molecule has 4 aliphatic rings. The first-order valence-electron chi connectivity index (χ1n) is 8.86. The minimum atomic E-state index is -0.593. The summed E-state index contributed by atoms with van der Waals surface area (Å²) in [7, 11) is 0. The van der Waals surface area contributed by atoms with E-state index in [1.807, 2.05) is 0 Å². The summed E-state index contributed by atoms with van der Waals surface area (Å²) in [6, 6.07) is 4.64. The first-order valence-corrected chi connectivity index (χ1v) is 9.61. The molecule has 0 unspecified atom stereocenters. The fourth-order valence-electron chi connectivity index (χ4n) is 5.08. The van der Waals surface area contributed by atoms with E-state index in [0.717, 1.165) is 17.9 Å². The Morgan fingerprint density at radius 1 is 1.15 bits per heavy atom. The molecule has 0 aromatic heterocycles. The topological polar surface area (TPSA) is 75.7 Å². The third-order valence-electron chi connectivity index (χ3n) is 6.34. The fraction of sp³-hybridized carbons (Fsp3) is 0.421. The number of hydrogen-bond acceptors (Lipinski definition) is 4. The Labute approximate surface area is 165 Å². The number of rotatable bonds is 4. The van der Waals surface area contributed by atoms with Crippen molar-refractivity contribution in [1.29, 1.82) is 0 Å². The van der Waals surface area contributed by atoms with Crippen molar-refractivity contribution in [2.75, 3.05) is 6.61 Å². The number of nitrogens with one attached hydrogen (secondary N) is 1. The number of hydrogen-bond donors (Lipinski definition) is 1. The number of nitrogens with zero attached hydrogens (tertiary/aromatic N) is 1. The van der Waals surface area contributed by atoms with Crippen molar-refractivity contribution in [3.63, 3.8) is 0 Å². The zero-order valence-electron chi connectivity index (χ0n) is 14.2. The van der Waals surface area contributed by atoms with Gasteiger partial charge in [-0.2, -0.15) is 5.01 Å². The van der Waals surface area contributed by atoms with E-state index in [0.29, 0.717) is 10.8 Å². The molecule has 140 valence electrons. The molecule has 1 spiro atoms. The van der Waals surface area contributed by atoms with Gasteiger partial charge in [-0.25, -0.2) is 0 Å². The molecule has 1 heterocycles. The van der Waals surface area contributed by atoms with Gasteiger partial charge >= 0.3 is 0 Å². The zero-order chi connectivity index (χ0) is 18.9. The summed E-state index contributed by atoms with van der Waals surface area (Å²) in [6.07, 6.45) is 6.32. The molecule has 1 aliphatic heterocycles. The lowest BCUT2D eigenvalue weighted by molar-refractivity contribution is -0.150. The fourth-order valence-corrected chi connectivity index (χ4v) is 5.54. The molecule has 6 nitrogen and oxygen atoms in total. The quantitative estimate of drug-likeness (QED) is 0.615. The van der Waals surface area contributed by atoms with Gasteiger partial charge in [0.15, 0.2) is 6.61 Å². The van der Waals surface area contributed by atoms with Gasteiger partial charge in [0.25, 0.3) is 17.7 Å². The minimum Gasteiger partial charge on any atom is -0.482 e. The van der Waals surface area contributed by atoms with Crippen molar-refractivity contribution < 1.29 is 19.1 Å². The van der Waals surface area contributed by atoms with Gasteiger partial charge in [-0.15, -0.1) is 0 Å². The number of imide groups is 1. The van der Waals surface area contributed by atoms with Crippen LogP contribution >= 0.6 is 23.2 Å². The first-order chi connectivity index (χ1) is 12.9. The Hall–Kier alpha value is -2.05. The summed E-state index contributed by atoms with van der Waals surface area (Å²) in [4.78, 5) is 37.8. The lowest BCUT2D eigenvalue weighted by atomic mass is 9.85. The largest absolute Gasteiger partial charge is 0.482 e. The second-order valence-electron chi connectivity index (χ2n) is 7.63. The van der Waals surface area contributed by atoms with Gasteiger partial charge in [0.1, 0.15) is 5.75 Å². The van der Waals surface area contributed by atoms with E-state index in [9.17, 15) is 14.4 Å². The van der Waals surface area contributed by atoms with Crippen LogP contribution in [0.5, 0.6) is 5.75 Å². The third kappa shape index (κ3) is 2.36. The maximum Gasteiger partial charge on any atom is 0.276 e. The Kier molecular flexibility index (Phi) is 3.62. The third-order valence-corrected chi connectivity index (χ3v) is 6.87. The average molecular weight is 407 g/mol. The highest BCUT2D eigenvalue weighted by Gasteiger charge is 2.73. The first kappa shape index (κ1) is 17.1. The summed E-state index contributed by atoms with van der Waals surface area (Å²) >= 11 is 11.8. The second-order valence-corrected chi connectivity index (χ2v) is 8.48. The van der Waals surface area contributed by atoms with Crippen LogP contribution in [0.25, 0.3) is 0 Å². The molecule has 4 atom stereocenters. The van der Waals surface area contributed by atoms with E-state index in [1.54, 1.807) is 12.1 Å². The van der Waals surface area contributed by atoms with Crippen LogP contribution in [0.15, 0.2) is 30.4 Å². The van der Waals surface area contributed by atoms with Gasteiger partial charge in [0.05, 0.1) is 16.9 Å². The summed E-state index contributed by atoms with van der Waals surface area (Å²) < 4.78 is 5.36. The lowest BCUT2D eigenvalue weighted by Crippen LogP contribution is -2.49. The summed E-state index contributed by atoms with van der Waals surface area (Å²) in [5, 5.41) is 1.61. The molecule has 1 N–H and O–H groups in total. The molecule has 27 heavy (non-hydrogen) atoms. The molecule has 2 saturated carbocycles. The number of ether oxygens (including phenoxy) is 1. The lowest BCUT2D eigenvalue weighted by Gasteiger charge is -2.22. The molecular weight excluding hydrogens is 391 g/mol. The molecule has 5 rings (SSSR count). The van der Waals surface area contributed by atoms with E-state index in [4.69, 9.17) is 27.9 Å². The number of carbonyl (C=O) groups is 3. The van der Waals surface area contributed by atoms with Crippen molar-refractivity contribution in [2.45, 2.75) is 12.8 Å². The molecule has 0 radical (unpaired) electrons. The van der Waals surface area contributed by atoms with Crippen LogP contribution in [0.3, 0.4) is 0 Å². The number of hydrazine groups is 1. The zero-order valence-corrected chi connectivity index (χ0v) is 15.7. The van der Waals surface area contributed by atoms with Gasteiger partial charge in [-0.05, 0) is 48.3 Å². The van der Waals surface area contributed by atoms with Crippen molar-refractivity contribution in [3.8, 4) is 5.75 Å². The van der Waals surface area contributed by atoms with Gasteiger partial charge in [-0.1, -0.05) is 35.4 Å².